The number of amides is 2. The number of hydrogen-bond donors (Lipinski definition) is 2. The monoisotopic (exact) mass is 480 g/mol. The van der Waals surface area contributed by atoms with Crippen LogP contribution in [0.3, 0.4) is 0 Å². The van der Waals surface area contributed by atoms with E-state index >= 15 is 0 Å². The number of ether oxygens (including phenoxy) is 2. The fourth-order valence-corrected chi connectivity index (χ4v) is 5.11. The topological polar surface area (TPSA) is 105 Å². The molecule has 2 amide bonds. The number of hydrogen-bond acceptors (Lipinski definition) is 5. The summed E-state index contributed by atoms with van der Waals surface area (Å²) in [5.74, 6) is -0.770. The van der Waals surface area contributed by atoms with Gasteiger partial charge in [0.25, 0.3) is 0 Å². The van der Waals surface area contributed by atoms with E-state index in [1.807, 2.05) is 24.3 Å². The van der Waals surface area contributed by atoms with Gasteiger partial charge in [0.1, 0.15) is 12.6 Å². The van der Waals surface area contributed by atoms with Crippen LogP contribution in [0.25, 0.3) is 11.1 Å². The Morgan fingerprint density at radius 3 is 2.20 bits per heavy atom. The van der Waals surface area contributed by atoms with Gasteiger partial charge < -0.3 is 24.8 Å². The highest BCUT2D eigenvalue weighted by atomic mass is 16.5. The molecule has 1 fully saturated rings. The van der Waals surface area contributed by atoms with Gasteiger partial charge >= 0.3 is 12.1 Å². The summed E-state index contributed by atoms with van der Waals surface area (Å²) in [6.45, 7) is 1.29. The van der Waals surface area contributed by atoms with Gasteiger partial charge in [-0.1, -0.05) is 48.5 Å². The summed E-state index contributed by atoms with van der Waals surface area (Å²) in [7, 11) is 1.48. The van der Waals surface area contributed by atoms with Crippen molar-refractivity contribution in [3.8, 4) is 11.1 Å². The zero-order valence-corrected chi connectivity index (χ0v) is 19.9. The van der Waals surface area contributed by atoms with Crippen molar-refractivity contribution in [1.29, 1.82) is 0 Å². The largest absolute Gasteiger partial charge is 0.481 e. The number of nitrogens with zero attached hydrogens (tertiary/aromatic N) is 1. The molecular formula is C27H32N2O6. The lowest BCUT2D eigenvalue weighted by Gasteiger charge is -2.34. The Kier molecular flexibility index (Phi) is 8.02. The third-order valence-electron chi connectivity index (χ3n) is 6.96. The Balaban J connectivity index is 1.33. The number of alkyl carbamates (subject to hydrolysis) is 1. The Morgan fingerprint density at radius 1 is 1.03 bits per heavy atom. The Hall–Kier alpha value is -3.39. The van der Waals surface area contributed by atoms with E-state index in [1.54, 1.807) is 4.90 Å². The molecule has 2 aliphatic rings. The number of rotatable bonds is 9. The number of fused-ring (bicyclic) bond motifs is 3. The molecule has 1 aliphatic heterocycles. The molecule has 4 rings (SSSR count). The van der Waals surface area contributed by atoms with Crippen LogP contribution in [0.15, 0.2) is 48.5 Å². The minimum atomic E-state index is -0.841. The highest BCUT2D eigenvalue weighted by Gasteiger charge is 2.32. The second kappa shape index (κ2) is 11.4. The van der Waals surface area contributed by atoms with E-state index in [9.17, 15) is 14.4 Å². The molecule has 186 valence electrons. The van der Waals surface area contributed by atoms with Crippen LogP contribution in [0.4, 0.5) is 4.79 Å². The fraction of sp³-hybridized carbons (Fsp3) is 0.444. The normalized spacial score (nSPS) is 16.3. The van der Waals surface area contributed by atoms with Crippen molar-refractivity contribution in [1.82, 2.24) is 10.2 Å². The summed E-state index contributed by atoms with van der Waals surface area (Å²) < 4.78 is 10.8. The predicted molar refractivity (Wildman–Crippen MR) is 130 cm³/mol. The van der Waals surface area contributed by atoms with Crippen molar-refractivity contribution in [3.05, 3.63) is 59.7 Å². The van der Waals surface area contributed by atoms with Gasteiger partial charge in [-0.3, -0.25) is 9.59 Å². The zero-order valence-electron chi connectivity index (χ0n) is 19.9. The van der Waals surface area contributed by atoms with Crippen LogP contribution >= 0.6 is 0 Å². The van der Waals surface area contributed by atoms with Crippen LogP contribution < -0.4 is 5.32 Å². The molecule has 0 radical (unpaired) electrons. The fourth-order valence-electron chi connectivity index (χ4n) is 5.11. The third-order valence-corrected chi connectivity index (χ3v) is 6.96. The van der Waals surface area contributed by atoms with Gasteiger partial charge in [-0.05, 0) is 47.4 Å². The first-order valence-corrected chi connectivity index (χ1v) is 12.1. The summed E-state index contributed by atoms with van der Waals surface area (Å²) in [4.78, 5) is 38.3. The van der Waals surface area contributed by atoms with E-state index < -0.39 is 18.1 Å². The van der Waals surface area contributed by atoms with Crippen molar-refractivity contribution in [3.63, 3.8) is 0 Å². The molecule has 1 aliphatic carbocycles. The van der Waals surface area contributed by atoms with Gasteiger partial charge in [0.15, 0.2) is 0 Å². The number of carboxylic acid groups (broad SMARTS) is 1. The van der Waals surface area contributed by atoms with Crippen LogP contribution in [-0.2, 0) is 19.1 Å². The molecule has 0 saturated carbocycles. The number of carbonyl (C=O) groups excluding carboxylic acids is 2. The van der Waals surface area contributed by atoms with Crippen LogP contribution in [0.2, 0.25) is 0 Å². The molecule has 2 N–H and O–H groups in total. The number of carboxylic acids is 1. The van der Waals surface area contributed by atoms with Gasteiger partial charge in [-0.15, -0.1) is 0 Å². The summed E-state index contributed by atoms with van der Waals surface area (Å²) in [6.07, 6.45) is 1.62. The SMILES string of the molecule is COCC(NC(=O)OCC1c2ccccc2-c2ccccc21)C(=O)N1CCC(CCC(=O)O)CC1. The molecule has 1 unspecified atom stereocenters. The summed E-state index contributed by atoms with van der Waals surface area (Å²) >= 11 is 0. The van der Waals surface area contributed by atoms with Gasteiger partial charge in [0.05, 0.1) is 6.61 Å². The van der Waals surface area contributed by atoms with Gasteiger partial charge in [0, 0.05) is 32.5 Å². The predicted octanol–water partition coefficient (Wildman–Crippen LogP) is 3.64. The first-order valence-electron chi connectivity index (χ1n) is 12.1. The first kappa shape index (κ1) is 24.7. The molecule has 35 heavy (non-hydrogen) atoms. The minimum absolute atomic E-state index is 0.0436. The first-order chi connectivity index (χ1) is 17.0. The third kappa shape index (κ3) is 5.82. The maximum absolute atomic E-state index is 13.1. The minimum Gasteiger partial charge on any atom is -0.481 e. The van der Waals surface area contributed by atoms with E-state index in [-0.39, 0.29) is 31.5 Å². The maximum atomic E-state index is 13.1. The van der Waals surface area contributed by atoms with Crippen molar-refractivity contribution < 1.29 is 29.0 Å². The highest BCUT2D eigenvalue weighted by molar-refractivity contribution is 5.86. The molecule has 0 spiro atoms. The summed E-state index contributed by atoms with van der Waals surface area (Å²) in [5.41, 5.74) is 4.54. The van der Waals surface area contributed by atoms with E-state index in [1.165, 1.54) is 7.11 Å². The van der Waals surface area contributed by atoms with E-state index in [2.05, 4.69) is 29.6 Å². The number of aliphatic carboxylic acids is 1. The Morgan fingerprint density at radius 2 is 1.63 bits per heavy atom. The van der Waals surface area contributed by atoms with E-state index in [4.69, 9.17) is 14.6 Å². The Labute approximate surface area is 205 Å². The molecule has 8 heteroatoms. The number of carbonyl (C=O) groups is 3. The second-order valence-corrected chi connectivity index (χ2v) is 9.18. The molecule has 2 aromatic carbocycles. The van der Waals surface area contributed by atoms with Gasteiger partial charge in [0.2, 0.25) is 5.91 Å². The van der Waals surface area contributed by atoms with Crippen molar-refractivity contribution in [2.24, 2.45) is 5.92 Å². The summed E-state index contributed by atoms with van der Waals surface area (Å²) in [6, 6.07) is 15.4. The number of likely N-dealkylation sites (tertiary alicyclic amines) is 1. The van der Waals surface area contributed by atoms with E-state index in [0.717, 1.165) is 35.1 Å². The van der Waals surface area contributed by atoms with Crippen molar-refractivity contribution >= 4 is 18.0 Å². The number of methoxy groups -OCH3 is 1. The van der Waals surface area contributed by atoms with Gasteiger partial charge in [-0.25, -0.2) is 4.79 Å². The molecule has 0 aromatic heterocycles. The molecule has 2 aromatic rings. The maximum Gasteiger partial charge on any atom is 0.407 e. The number of benzene rings is 2. The smallest absolute Gasteiger partial charge is 0.407 e. The van der Waals surface area contributed by atoms with Gasteiger partial charge in [-0.2, -0.15) is 0 Å². The highest BCUT2D eigenvalue weighted by Crippen LogP contribution is 2.44. The lowest BCUT2D eigenvalue weighted by atomic mass is 9.92. The van der Waals surface area contributed by atoms with Crippen molar-refractivity contribution in [2.75, 3.05) is 33.4 Å². The van der Waals surface area contributed by atoms with Crippen molar-refractivity contribution in [2.45, 2.75) is 37.6 Å². The molecule has 0 bridgehead atoms. The number of nitrogens with one attached hydrogen (secondary N) is 1. The average Bonchev–Trinajstić information content (AvgIpc) is 3.19. The zero-order chi connectivity index (χ0) is 24.8. The lowest BCUT2D eigenvalue weighted by Crippen LogP contribution is -2.52. The van der Waals surface area contributed by atoms with Crippen LogP contribution in [0, 0.1) is 5.92 Å². The molecule has 1 atom stereocenters. The second-order valence-electron chi connectivity index (χ2n) is 9.18. The average molecular weight is 481 g/mol. The van der Waals surface area contributed by atoms with Crippen LogP contribution in [0.1, 0.15) is 42.7 Å². The van der Waals surface area contributed by atoms with Crippen LogP contribution in [0.5, 0.6) is 0 Å². The molecular weight excluding hydrogens is 448 g/mol. The van der Waals surface area contributed by atoms with Crippen LogP contribution in [-0.4, -0.2) is 67.4 Å². The summed E-state index contributed by atoms with van der Waals surface area (Å²) in [5, 5.41) is 11.6. The Bertz CT molecular complexity index is 1020. The lowest BCUT2D eigenvalue weighted by molar-refractivity contribution is -0.138. The molecule has 1 heterocycles. The standard InChI is InChI=1S/C27H32N2O6/c1-34-17-24(26(32)29-14-12-18(13-15-29)10-11-25(30)31)28-27(33)35-16-23-21-8-4-2-6-19(21)20-7-3-5-9-22(20)23/h2-9,18,23-24H,10-17H2,1H3,(H,28,33)(H,30,31). The quantitative estimate of drug-likeness (QED) is 0.568. The van der Waals surface area contributed by atoms with E-state index in [0.29, 0.717) is 25.4 Å². The number of piperidine rings is 1. The molecule has 1 saturated heterocycles. The molecule has 8 nitrogen and oxygen atoms in total.